The highest BCUT2D eigenvalue weighted by atomic mass is 79.9. The molecule has 0 heterocycles. The number of allylic oxidation sites excluding steroid dienone is 1. The van der Waals surface area contributed by atoms with Crippen LogP contribution < -0.4 is 0 Å². The summed E-state index contributed by atoms with van der Waals surface area (Å²) in [6.07, 6.45) is 1.69. The molecule has 0 saturated heterocycles. The Morgan fingerprint density at radius 1 is 1.57 bits per heavy atom. The Bertz CT molecular complexity index is 216. The lowest BCUT2D eigenvalue weighted by Gasteiger charge is -2.19. The number of ether oxygens (including phenoxy) is 1. The summed E-state index contributed by atoms with van der Waals surface area (Å²) in [6.45, 7) is 11.2. The summed E-state index contributed by atoms with van der Waals surface area (Å²) in [5, 5.41) is 0. The Morgan fingerprint density at radius 3 is 2.43 bits per heavy atom. The van der Waals surface area contributed by atoms with Crippen molar-refractivity contribution in [1.29, 1.82) is 0 Å². The fourth-order valence-corrected chi connectivity index (χ4v) is 0.925. The van der Waals surface area contributed by atoms with E-state index in [1.54, 1.807) is 13.8 Å². The molecule has 0 rings (SSSR count). The fraction of sp³-hybridized carbons (Fsp3) is 0.727. The van der Waals surface area contributed by atoms with Crippen LogP contribution in [0.1, 0.15) is 40.5 Å². The van der Waals surface area contributed by atoms with Crippen molar-refractivity contribution in [2.24, 2.45) is 0 Å². The van der Waals surface area contributed by atoms with Gasteiger partial charge in [-0.05, 0) is 40.5 Å². The topological polar surface area (TPSA) is 26.3 Å². The maximum Gasteiger partial charge on any atom is 0.322 e. The van der Waals surface area contributed by atoms with Gasteiger partial charge in [-0.3, -0.25) is 4.79 Å². The van der Waals surface area contributed by atoms with Gasteiger partial charge in [0.05, 0.1) is 6.10 Å². The first-order valence-corrected chi connectivity index (χ1v) is 5.57. The Morgan fingerprint density at radius 2 is 2.07 bits per heavy atom. The summed E-state index contributed by atoms with van der Waals surface area (Å²) in [5.74, 6) is -0.216. The van der Waals surface area contributed by atoms with Crippen LogP contribution >= 0.6 is 15.9 Å². The molecule has 14 heavy (non-hydrogen) atoms. The van der Waals surface area contributed by atoms with E-state index in [4.69, 9.17) is 4.74 Å². The van der Waals surface area contributed by atoms with Crippen LogP contribution in [0.5, 0.6) is 0 Å². The zero-order valence-electron chi connectivity index (χ0n) is 9.39. The van der Waals surface area contributed by atoms with Crippen molar-refractivity contribution in [3.05, 3.63) is 12.2 Å². The monoisotopic (exact) mass is 262 g/mol. The largest absolute Gasteiger partial charge is 0.462 e. The minimum atomic E-state index is -0.593. The SMILES string of the molecule is C=C(C)CCC(C)OC(=O)C(C)(C)Br. The first kappa shape index (κ1) is 13.7. The molecule has 0 aromatic heterocycles. The van der Waals surface area contributed by atoms with Crippen LogP contribution in [0.25, 0.3) is 0 Å². The molecule has 2 nitrogen and oxygen atoms in total. The molecule has 0 saturated carbocycles. The predicted molar refractivity (Wildman–Crippen MR) is 62.6 cm³/mol. The number of hydrogen-bond acceptors (Lipinski definition) is 2. The summed E-state index contributed by atoms with van der Waals surface area (Å²) in [5.41, 5.74) is 1.12. The average Bonchev–Trinajstić information content (AvgIpc) is 1.99. The number of alkyl halides is 1. The lowest BCUT2D eigenvalue weighted by atomic mass is 10.1. The molecule has 0 aliphatic carbocycles. The van der Waals surface area contributed by atoms with Gasteiger partial charge in [0.1, 0.15) is 4.32 Å². The first-order valence-electron chi connectivity index (χ1n) is 4.78. The van der Waals surface area contributed by atoms with Crippen LogP contribution in [0.4, 0.5) is 0 Å². The van der Waals surface area contributed by atoms with Gasteiger partial charge in [-0.15, -0.1) is 6.58 Å². The molecule has 0 aromatic carbocycles. The molecule has 0 spiro atoms. The Hall–Kier alpha value is -0.310. The van der Waals surface area contributed by atoms with Gasteiger partial charge < -0.3 is 4.74 Å². The summed E-state index contributed by atoms with van der Waals surface area (Å²) >= 11 is 3.26. The number of rotatable bonds is 5. The lowest BCUT2D eigenvalue weighted by molar-refractivity contribution is -0.150. The molecule has 0 amide bonds. The number of carbonyl (C=O) groups excluding carboxylic acids is 1. The highest BCUT2D eigenvalue weighted by molar-refractivity contribution is 9.10. The van der Waals surface area contributed by atoms with Gasteiger partial charge in [0.25, 0.3) is 0 Å². The Labute approximate surface area is 94.8 Å². The number of carbonyl (C=O) groups is 1. The predicted octanol–water partition coefficient (Wildman–Crippen LogP) is 3.45. The second-order valence-corrected chi connectivity index (χ2v) is 6.17. The minimum absolute atomic E-state index is 0.0453. The van der Waals surface area contributed by atoms with E-state index in [9.17, 15) is 4.79 Å². The van der Waals surface area contributed by atoms with Crippen molar-refractivity contribution in [3.63, 3.8) is 0 Å². The van der Waals surface area contributed by atoms with Crippen LogP contribution in [0.3, 0.4) is 0 Å². The zero-order valence-corrected chi connectivity index (χ0v) is 11.0. The van der Waals surface area contributed by atoms with Gasteiger partial charge >= 0.3 is 5.97 Å². The van der Waals surface area contributed by atoms with Crippen LogP contribution in [0.15, 0.2) is 12.2 Å². The number of hydrogen-bond donors (Lipinski definition) is 0. The van der Waals surface area contributed by atoms with Gasteiger partial charge in [0.2, 0.25) is 0 Å². The summed E-state index contributed by atoms with van der Waals surface area (Å²) in [4.78, 5) is 11.4. The van der Waals surface area contributed by atoms with Crippen LogP contribution in [0, 0.1) is 0 Å². The smallest absolute Gasteiger partial charge is 0.322 e. The molecule has 0 aromatic rings. The van der Waals surface area contributed by atoms with Crippen LogP contribution in [0.2, 0.25) is 0 Å². The minimum Gasteiger partial charge on any atom is -0.462 e. The molecule has 0 fully saturated rings. The molecular weight excluding hydrogens is 244 g/mol. The molecular formula is C11H19BrO2. The van der Waals surface area contributed by atoms with Gasteiger partial charge in [-0.25, -0.2) is 0 Å². The third kappa shape index (κ3) is 6.19. The molecule has 0 aliphatic heterocycles. The van der Waals surface area contributed by atoms with Crippen LogP contribution in [-0.4, -0.2) is 16.4 Å². The second-order valence-electron chi connectivity index (χ2n) is 4.18. The van der Waals surface area contributed by atoms with E-state index in [-0.39, 0.29) is 12.1 Å². The molecule has 1 atom stereocenters. The zero-order chi connectivity index (χ0) is 11.4. The van der Waals surface area contributed by atoms with Crippen molar-refractivity contribution in [3.8, 4) is 0 Å². The third-order valence-electron chi connectivity index (χ3n) is 1.77. The van der Waals surface area contributed by atoms with Crippen molar-refractivity contribution in [1.82, 2.24) is 0 Å². The molecule has 0 radical (unpaired) electrons. The highest BCUT2D eigenvalue weighted by Gasteiger charge is 2.26. The number of halogens is 1. The summed E-state index contributed by atoms with van der Waals surface area (Å²) < 4.78 is 4.65. The van der Waals surface area contributed by atoms with E-state index in [2.05, 4.69) is 22.5 Å². The summed E-state index contributed by atoms with van der Waals surface area (Å²) in [7, 11) is 0. The molecule has 1 unspecified atom stereocenters. The van der Waals surface area contributed by atoms with Gasteiger partial charge in [0.15, 0.2) is 0 Å². The maximum atomic E-state index is 11.4. The first-order chi connectivity index (χ1) is 6.23. The Kier molecular flexibility index (Phi) is 5.42. The molecule has 0 bridgehead atoms. The third-order valence-corrected chi connectivity index (χ3v) is 2.10. The molecule has 3 heteroatoms. The van der Waals surface area contributed by atoms with Crippen molar-refractivity contribution in [2.75, 3.05) is 0 Å². The van der Waals surface area contributed by atoms with Gasteiger partial charge in [-0.2, -0.15) is 0 Å². The van der Waals surface area contributed by atoms with E-state index < -0.39 is 4.32 Å². The van der Waals surface area contributed by atoms with E-state index >= 15 is 0 Å². The van der Waals surface area contributed by atoms with Crippen molar-refractivity contribution in [2.45, 2.75) is 51.0 Å². The van der Waals surface area contributed by atoms with E-state index in [0.717, 1.165) is 18.4 Å². The van der Waals surface area contributed by atoms with E-state index in [0.29, 0.717) is 0 Å². The average molecular weight is 263 g/mol. The standard InChI is InChI=1S/C11H19BrO2/c1-8(2)6-7-9(3)14-10(13)11(4,5)12/h9H,1,6-7H2,2-5H3. The normalized spacial score (nSPS) is 13.5. The molecule has 0 N–H and O–H groups in total. The van der Waals surface area contributed by atoms with Crippen LogP contribution in [-0.2, 0) is 9.53 Å². The van der Waals surface area contributed by atoms with Crippen molar-refractivity contribution < 1.29 is 9.53 Å². The fourth-order valence-electron chi connectivity index (χ4n) is 0.831. The quantitative estimate of drug-likeness (QED) is 0.431. The van der Waals surface area contributed by atoms with E-state index in [1.807, 2.05) is 13.8 Å². The van der Waals surface area contributed by atoms with Gasteiger partial charge in [0, 0.05) is 0 Å². The second kappa shape index (κ2) is 5.54. The van der Waals surface area contributed by atoms with E-state index in [1.165, 1.54) is 0 Å². The maximum absolute atomic E-state index is 11.4. The lowest BCUT2D eigenvalue weighted by Crippen LogP contribution is -2.29. The van der Waals surface area contributed by atoms with Gasteiger partial charge in [-0.1, -0.05) is 21.5 Å². The molecule has 0 aliphatic rings. The highest BCUT2D eigenvalue weighted by Crippen LogP contribution is 2.19. The molecule has 82 valence electrons. The van der Waals surface area contributed by atoms with Crippen molar-refractivity contribution >= 4 is 21.9 Å². The number of esters is 1. The Balaban J connectivity index is 3.89. The summed E-state index contributed by atoms with van der Waals surface area (Å²) in [6, 6.07) is 0.